The second-order valence-corrected chi connectivity index (χ2v) is 6.69. The van der Waals surface area contributed by atoms with Crippen molar-refractivity contribution in [2.24, 2.45) is 0 Å². The molecule has 25 heavy (non-hydrogen) atoms. The van der Waals surface area contributed by atoms with Crippen LogP contribution in [0.1, 0.15) is 5.56 Å². The normalized spacial score (nSPS) is 11.7. The molecule has 1 atom stereocenters. The average molecular weight is 381 g/mol. The first-order valence-electron chi connectivity index (χ1n) is 7.77. The van der Waals surface area contributed by atoms with Crippen molar-refractivity contribution in [3.05, 3.63) is 58.1 Å². The number of anilines is 2. The number of carbonyl (C=O) groups excluding carboxylic acids is 2. The van der Waals surface area contributed by atoms with Crippen LogP contribution in [0.15, 0.2) is 42.5 Å². The zero-order valence-electron chi connectivity index (χ0n) is 14.0. The fourth-order valence-electron chi connectivity index (χ4n) is 2.29. The topological polar surface area (TPSA) is 62.6 Å². The molecular weight excluding hydrogens is 361 g/mol. The Morgan fingerprint density at radius 2 is 1.56 bits per heavy atom. The lowest BCUT2D eigenvalue weighted by molar-refractivity contribution is -0.862. The number of likely N-dealkylation sites (N-methyl/N-ethyl adjacent to an activating group) is 1. The maximum atomic E-state index is 12.2. The van der Waals surface area contributed by atoms with Gasteiger partial charge in [0.05, 0.1) is 17.8 Å². The van der Waals surface area contributed by atoms with Crippen LogP contribution in [0.4, 0.5) is 11.4 Å². The first-order valence-corrected chi connectivity index (χ1v) is 8.52. The zero-order chi connectivity index (χ0) is 18.4. The van der Waals surface area contributed by atoms with Gasteiger partial charge in [0.15, 0.2) is 13.1 Å². The summed E-state index contributed by atoms with van der Waals surface area (Å²) in [6.07, 6.45) is 0. The summed E-state index contributed by atoms with van der Waals surface area (Å²) in [6.45, 7) is 2.19. The SMILES string of the molecule is Cc1ccc(Cl)cc1NC(=O)C[NH+](C)CC(=O)Nc1ccccc1Cl. The Balaban J connectivity index is 1.85. The van der Waals surface area contributed by atoms with E-state index >= 15 is 0 Å². The lowest BCUT2D eigenvalue weighted by atomic mass is 10.2. The first kappa shape index (κ1) is 19.2. The number of carbonyl (C=O) groups is 2. The number of para-hydroxylation sites is 1. The van der Waals surface area contributed by atoms with Crippen molar-refractivity contribution < 1.29 is 14.5 Å². The van der Waals surface area contributed by atoms with Gasteiger partial charge in [-0.2, -0.15) is 0 Å². The molecule has 2 rings (SSSR count). The van der Waals surface area contributed by atoms with Crippen molar-refractivity contribution in [2.45, 2.75) is 6.92 Å². The molecule has 1 unspecified atom stereocenters. The smallest absolute Gasteiger partial charge is 0.279 e. The van der Waals surface area contributed by atoms with Crippen LogP contribution in [0, 0.1) is 6.92 Å². The Hall–Kier alpha value is -2.08. The summed E-state index contributed by atoms with van der Waals surface area (Å²) in [5, 5.41) is 6.59. The highest BCUT2D eigenvalue weighted by Gasteiger charge is 2.16. The fourth-order valence-corrected chi connectivity index (χ4v) is 2.65. The number of benzene rings is 2. The Bertz CT molecular complexity index is 781. The van der Waals surface area contributed by atoms with Crippen LogP contribution in [-0.2, 0) is 9.59 Å². The van der Waals surface area contributed by atoms with E-state index < -0.39 is 0 Å². The third-order valence-corrected chi connectivity index (χ3v) is 4.11. The summed E-state index contributed by atoms with van der Waals surface area (Å²) in [6, 6.07) is 12.3. The second kappa shape index (κ2) is 8.85. The van der Waals surface area contributed by atoms with Crippen LogP contribution < -0.4 is 15.5 Å². The van der Waals surface area contributed by atoms with Gasteiger partial charge in [-0.15, -0.1) is 0 Å². The molecule has 0 aliphatic heterocycles. The van der Waals surface area contributed by atoms with Crippen molar-refractivity contribution in [2.75, 3.05) is 30.8 Å². The molecule has 0 bridgehead atoms. The molecule has 0 spiro atoms. The van der Waals surface area contributed by atoms with E-state index in [4.69, 9.17) is 23.2 Å². The highest BCUT2D eigenvalue weighted by Crippen LogP contribution is 2.20. The standard InChI is InChI=1S/C18H19Cl2N3O2/c1-12-7-8-13(19)9-16(12)22-18(25)11-23(2)10-17(24)21-15-6-4-3-5-14(15)20/h3-9H,10-11H2,1-2H3,(H,21,24)(H,22,25)/p+1. The Morgan fingerprint density at radius 1 is 0.960 bits per heavy atom. The van der Waals surface area contributed by atoms with Crippen LogP contribution in [0.5, 0.6) is 0 Å². The minimum absolute atomic E-state index is 0.146. The van der Waals surface area contributed by atoms with Crippen LogP contribution in [0.2, 0.25) is 10.0 Å². The van der Waals surface area contributed by atoms with Crippen LogP contribution >= 0.6 is 23.2 Å². The lowest BCUT2D eigenvalue weighted by Crippen LogP contribution is -3.11. The number of nitrogens with one attached hydrogen (secondary N) is 3. The molecule has 0 heterocycles. The molecule has 0 saturated carbocycles. The minimum Gasteiger partial charge on any atom is -0.322 e. The van der Waals surface area contributed by atoms with E-state index in [2.05, 4.69) is 10.6 Å². The molecule has 0 aromatic heterocycles. The predicted octanol–water partition coefficient (Wildman–Crippen LogP) is 2.39. The largest absolute Gasteiger partial charge is 0.322 e. The van der Waals surface area contributed by atoms with Gasteiger partial charge in [-0.3, -0.25) is 9.59 Å². The molecule has 3 N–H and O–H groups in total. The summed E-state index contributed by atoms with van der Waals surface area (Å²) in [5.41, 5.74) is 2.15. The molecule has 7 heteroatoms. The zero-order valence-corrected chi connectivity index (χ0v) is 15.5. The average Bonchev–Trinajstić information content (AvgIpc) is 2.52. The molecule has 5 nitrogen and oxygen atoms in total. The molecule has 0 aliphatic carbocycles. The first-order chi connectivity index (χ1) is 11.8. The van der Waals surface area contributed by atoms with Crippen LogP contribution in [0.3, 0.4) is 0 Å². The van der Waals surface area contributed by atoms with E-state index in [9.17, 15) is 9.59 Å². The van der Waals surface area contributed by atoms with Gasteiger partial charge in [0.2, 0.25) is 0 Å². The monoisotopic (exact) mass is 380 g/mol. The van der Waals surface area contributed by atoms with Crippen molar-refractivity contribution in [3.63, 3.8) is 0 Å². The summed E-state index contributed by atoms with van der Waals surface area (Å²) < 4.78 is 0. The number of hydrogen-bond acceptors (Lipinski definition) is 2. The summed E-state index contributed by atoms with van der Waals surface area (Å²) in [7, 11) is 1.77. The Kier molecular flexibility index (Phi) is 6.82. The van der Waals surface area contributed by atoms with Gasteiger partial charge in [0.25, 0.3) is 11.8 Å². The molecule has 0 aliphatic rings. The van der Waals surface area contributed by atoms with Gasteiger partial charge in [0.1, 0.15) is 0 Å². The predicted molar refractivity (Wildman–Crippen MR) is 102 cm³/mol. The number of aryl methyl sites for hydroxylation is 1. The molecule has 2 amide bonds. The van der Waals surface area contributed by atoms with Crippen molar-refractivity contribution in [1.29, 1.82) is 0 Å². The Labute approximate surface area is 156 Å². The van der Waals surface area contributed by atoms with E-state index in [0.29, 0.717) is 21.4 Å². The van der Waals surface area contributed by atoms with Gasteiger partial charge >= 0.3 is 0 Å². The minimum atomic E-state index is -0.211. The third kappa shape index (κ3) is 6.05. The molecular formula is C18H20Cl2N3O2+. The van der Waals surface area contributed by atoms with Gasteiger partial charge < -0.3 is 15.5 Å². The quantitative estimate of drug-likeness (QED) is 0.720. The summed E-state index contributed by atoms with van der Waals surface area (Å²) in [5.74, 6) is -0.397. The van der Waals surface area contributed by atoms with Crippen molar-refractivity contribution in [3.8, 4) is 0 Å². The van der Waals surface area contributed by atoms with Crippen molar-refractivity contribution >= 4 is 46.4 Å². The summed E-state index contributed by atoms with van der Waals surface area (Å²) in [4.78, 5) is 25.0. The van der Waals surface area contributed by atoms with Crippen LogP contribution in [0.25, 0.3) is 0 Å². The highest BCUT2D eigenvalue weighted by molar-refractivity contribution is 6.33. The summed E-state index contributed by atoms with van der Waals surface area (Å²) >= 11 is 12.0. The molecule has 2 aromatic carbocycles. The third-order valence-electron chi connectivity index (χ3n) is 3.55. The lowest BCUT2D eigenvalue weighted by Gasteiger charge is -2.15. The number of quaternary nitrogens is 1. The van der Waals surface area contributed by atoms with Gasteiger partial charge in [-0.25, -0.2) is 0 Å². The fraction of sp³-hybridized carbons (Fsp3) is 0.222. The molecule has 0 saturated heterocycles. The molecule has 0 fully saturated rings. The van der Waals surface area contributed by atoms with E-state index in [1.165, 1.54) is 0 Å². The molecule has 2 aromatic rings. The van der Waals surface area contributed by atoms with Gasteiger partial charge in [-0.1, -0.05) is 41.4 Å². The maximum absolute atomic E-state index is 12.2. The second-order valence-electron chi connectivity index (χ2n) is 5.85. The number of amides is 2. The number of rotatable bonds is 6. The number of halogens is 2. The van der Waals surface area contributed by atoms with E-state index in [1.54, 1.807) is 43.4 Å². The van der Waals surface area contributed by atoms with Gasteiger partial charge in [0, 0.05) is 10.7 Å². The molecule has 0 radical (unpaired) electrons. The van der Waals surface area contributed by atoms with E-state index in [0.717, 1.165) is 10.5 Å². The molecule has 132 valence electrons. The van der Waals surface area contributed by atoms with Crippen LogP contribution in [-0.4, -0.2) is 32.0 Å². The van der Waals surface area contributed by atoms with E-state index in [1.807, 2.05) is 13.0 Å². The van der Waals surface area contributed by atoms with E-state index in [-0.39, 0.29) is 24.9 Å². The van der Waals surface area contributed by atoms with Crippen molar-refractivity contribution in [1.82, 2.24) is 0 Å². The highest BCUT2D eigenvalue weighted by atomic mass is 35.5. The maximum Gasteiger partial charge on any atom is 0.279 e. The Morgan fingerprint density at radius 3 is 2.20 bits per heavy atom. The van der Waals surface area contributed by atoms with Gasteiger partial charge in [-0.05, 0) is 36.8 Å². The number of hydrogen-bond donors (Lipinski definition) is 3.